The summed E-state index contributed by atoms with van der Waals surface area (Å²) in [7, 11) is 0. The quantitative estimate of drug-likeness (QED) is 0.866. The number of aryl methyl sites for hydroxylation is 1. The zero-order chi connectivity index (χ0) is 15.1. The highest BCUT2D eigenvalue weighted by Gasteiger charge is 2.20. The van der Waals surface area contributed by atoms with Crippen LogP contribution in [0.1, 0.15) is 43.1 Å². The molecule has 0 saturated heterocycles. The van der Waals surface area contributed by atoms with Crippen molar-refractivity contribution in [1.82, 2.24) is 4.90 Å². The molecule has 0 heterocycles. The summed E-state index contributed by atoms with van der Waals surface area (Å²) in [4.78, 5) is 14.4. The average molecular weight is 273 g/mol. The van der Waals surface area contributed by atoms with E-state index < -0.39 is 0 Å². The smallest absolute Gasteiger partial charge is 0.256 e. The fourth-order valence-electron chi connectivity index (χ4n) is 2.10. The van der Waals surface area contributed by atoms with E-state index in [2.05, 4.69) is 11.4 Å². The first-order valence-electron chi connectivity index (χ1n) is 7.03. The molecule has 0 aliphatic carbocycles. The van der Waals surface area contributed by atoms with Gasteiger partial charge in [0.25, 0.3) is 5.91 Å². The van der Waals surface area contributed by atoms with E-state index >= 15 is 0 Å². The van der Waals surface area contributed by atoms with Crippen LogP contribution in [0.4, 0.5) is 5.69 Å². The molecular weight excluding hydrogens is 250 g/mol. The van der Waals surface area contributed by atoms with Gasteiger partial charge in [-0.25, -0.2) is 0 Å². The number of carbonyl (C=O) groups is 1. The largest absolute Gasteiger partial charge is 0.385 e. The van der Waals surface area contributed by atoms with Gasteiger partial charge in [0.15, 0.2) is 0 Å². The fraction of sp³-hybridized carbons (Fsp3) is 0.500. The van der Waals surface area contributed by atoms with Crippen molar-refractivity contribution >= 4 is 11.6 Å². The molecule has 1 N–H and O–H groups in total. The van der Waals surface area contributed by atoms with Crippen LogP contribution in [0.25, 0.3) is 0 Å². The third-order valence-corrected chi connectivity index (χ3v) is 3.12. The molecule has 0 fully saturated rings. The zero-order valence-corrected chi connectivity index (χ0v) is 12.7. The number of carbonyl (C=O) groups excluding carboxylic acids is 1. The van der Waals surface area contributed by atoms with Gasteiger partial charge in [-0.05, 0) is 45.4 Å². The molecule has 1 amide bonds. The van der Waals surface area contributed by atoms with Crippen LogP contribution in [0.3, 0.4) is 0 Å². The van der Waals surface area contributed by atoms with Crippen molar-refractivity contribution in [1.29, 1.82) is 5.26 Å². The van der Waals surface area contributed by atoms with E-state index in [1.54, 1.807) is 4.90 Å². The minimum Gasteiger partial charge on any atom is -0.385 e. The number of amides is 1. The Morgan fingerprint density at radius 1 is 1.45 bits per heavy atom. The van der Waals surface area contributed by atoms with Gasteiger partial charge in [-0.15, -0.1) is 0 Å². The standard InChI is InChI=1S/C16H23N3O/c1-5-18-15-11-13(4)7-8-14(15)16(20)19(12(2)3)10-6-9-17/h7-8,11-12,18H,5-6,10H2,1-4H3. The molecule has 1 rings (SSSR count). The van der Waals surface area contributed by atoms with E-state index in [0.717, 1.165) is 17.8 Å². The van der Waals surface area contributed by atoms with Crippen LogP contribution >= 0.6 is 0 Å². The lowest BCUT2D eigenvalue weighted by Crippen LogP contribution is -2.38. The molecular formula is C16H23N3O. The van der Waals surface area contributed by atoms with Crippen molar-refractivity contribution in [2.45, 2.75) is 40.2 Å². The van der Waals surface area contributed by atoms with Gasteiger partial charge in [-0.1, -0.05) is 6.07 Å². The van der Waals surface area contributed by atoms with Crippen LogP contribution in [0.5, 0.6) is 0 Å². The van der Waals surface area contributed by atoms with Crippen LogP contribution in [0.2, 0.25) is 0 Å². The number of nitriles is 1. The molecule has 4 heteroatoms. The maximum absolute atomic E-state index is 12.7. The van der Waals surface area contributed by atoms with Gasteiger partial charge in [0, 0.05) is 24.8 Å². The summed E-state index contributed by atoms with van der Waals surface area (Å²) in [5, 5.41) is 12.0. The Labute approximate surface area is 121 Å². The van der Waals surface area contributed by atoms with Crippen LogP contribution < -0.4 is 5.32 Å². The Hall–Kier alpha value is -2.02. The monoisotopic (exact) mass is 273 g/mol. The summed E-state index contributed by atoms with van der Waals surface area (Å²) in [5.74, 6) is -0.0220. The van der Waals surface area contributed by atoms with Gasteiger partial charge in [0.05, 0.1) is 18.1 Å². The minimum atomic E-state index is -0.0220. The van der Waals surface area contributed by atoms with Crippen molar-refractivity contribution in [3.05, 3.63) is 29.3 Å². The Bertz CT molecular complexity index is 503. The molecule has 0 unspecified atom stereocenters. The summed E-state index contributed by atoms with van der Waals surface area (Å²) in [6.45, 7) is 9.18. The first-order valence-corrected chi connectivity index (χ1v) is 7.03. The normalized spacial score (nSPS) is 10.2. The first-order chi connectivity index (χ1) is 9.51. The lowest BCUT2D eigenvalue weighted by molar-refractivity contribution is 0.0711. The van der Waals surface area contributed by atoms with Crippen LogP contribution in [0.15, 0.2) is 18.2 Å². The van der Waals surface area contributed by atoms with E-state index in [4.69, 9.17) is 5.26 Å². The third kappa shape index (κ3) is 3.99. The molecule has 0 aromatic heterocycles. The molecule has 20 heavy (non-hydrogen) atoms. The Morgan fingerprint density at radius 2 is 2.15 bits per heavy atom. The second kappa shape index (κ2) is 7.54. The van der Waals surface area contributed by atoms with Gasteiger partial charge in [-0.3, -0.25) is 4.79 Å². The summed E-state index contributed by atoms with van der Waals surface area (Å²) in [6.07, 6.45) is 0.353. The molecule has 0 atom stereocenters. The van der Waals surface area contributed by atoms with Crippen LogP contribution in [-0.4, -0.2) is 29.9 Å². The molecule has 108 valence electrons. The Balaban J connectivity index is 3.08. The van der Waals surface area contributed by atoms with Crippen molar-refractivity contribution in [3.63, 3.8) is 0 Å². The van der Waals surface area contributed by atoms with E-state index in [-0.39, 0.29) is 11.9 Å². The van der Waals surface area contributed by atoms with E-state index in [0.29, 0.717) is 18.5 Å². The van der Waals surface area contributed by atoms with Crippen molar-refractivity contribution in [2.24, 2.45) is 0 Å². The molecule has 4 nitrogen and oxygen atoms in total. The highest BCUT2D eigenvalue weighted by atomic mass is 16.2. The van der Waals surface area contributed by atoms with Crippen molar-refractivity contribution < 1.29 is 4.79 Å². The number of nitrogens with one attached hydrogen (secondary N) is 1. The highest BCUT2D eigenvalue weighted by molar-refractivity contribution is 6.00. The molecule has 0 aliphatic rings. The molecule has 0 spiro atoms. The highest BCUT2D eigenvalue weighted by Crippen LogP contribution is 2.20. The summed E-state index contributed by atoms with van der Waals surface area (Å²) in [5.41, 5.74) is 2.65. The topological polar surface area (TPSA) is 56.1 Å². The van der Waals surface area contributed by atoms with Gasteiger partial charge in [0.1, 0.15) is 0 Å². The lowest BCUT2D eigenvalue weighted by Gasteiger charge is -2.27. The predicted molar refractivity (Wildman–Crippen MR) is 81.7 cm³/mol. The Kier molecular flexibility index (Phi) is 6.05. The number of nitrogens with zero attached hydrogens (tertiary/aromatic N) is 2. The van der Waals surface area contributed by atoms with E-state index in [1.165, 1.54) is 0 Å². The molecule has 0 aliphatic heterocycles. The van der Waals surface area contributed by atoms with Crippen molar-refractivity contribution in [2.75, 3.05) is 18.4 Å². The Morgan fingerprint density at radius 3 is 2.70 bits per heavy atom. The molecule has 1 aromatic carbocycles. The van der Waals surface area contributed by atoms with Crippen LogP contribution in [-0.2, 0) is 0 Å². The zero-order valence-electron chi connectivity index (χ0n) is 12.7. The summed E-state index contributed by atoms with van der Waals surface area (Å²) >= 11 is 0. The molecule has 0 bridgehead atoms. The third-order valence-electron chi connectivity index (χ3n) is 3.12. The average Bonchev–Trinajstić information content (AvgIpc) is 2.39. The number of hydrogen-bond acceptors (Lipinski definition) is 3. The number of rotatable bonds is 6. The first kappa shape index (κ1) is 16.0. The second-order valence-electron chi connectivity index (χ2n) is 5.08. The number of anilines is 1. The molecule has 1 aromatic rings. The van der Waals surface area contributed by atoms with Gasteiger partial charge >= 0.3 is 0 Å². The van der Waals surface area contributed by atoms with Crippen LogP contribution in [0, 0.1) is 18.3 Å². The fourth-order valence-corrected chi connectivity index (χ4v) is 2.10. The molecule has 0 radical (unpaired) electrons. The maximum Gasteiger partial charge on any atom is 0.256 e. The van der Waals surface area contributed by atoms with Gasteiger partial charge in [0.2, 0.25) is 0 Å². The van der Waals surface area contributed by atoms with E-state index in [9.17, 15) is 4.79 Å². The van der Waals surface area contributed by atoms with Gasteiger partial charge < -0.3 is 10.2 Å². The SMILES string of the molecule is CCNc1cc(C)ccc1C(=O)N(CCC#N)C(C)C. The number of benzene rings is 1. The number of hydrogen-bond donors (Lipinski definition) is 1. The molecule has 0 saturated carbocycles. The second-order valence-corrected chi connectivity index (χ2v) is 5.08. The predicted octanol–water partition coefficient (Wildman–Crippen LogP) is 3.19. The van der Waals surface area contributed by atoms with Gasteiger partial charge in [-0.2, -0.15) is 5.26 Å². The summed E-state index contributed by atoms with van der Waals surface area (Å²) in [6, 6.07) is 7.96. The van der Waals surface area contributed by atoms with Crippen molar-refractivity contribution in [3.8, 4) is 6.07 Å². The lowest BCUT2D eigenvalue weighted by atomic mass is 10.1. The summed E-state index contributed by atoms with van der Waals surface area (Å²) < 4.78 is 0. The maximum atomic E-state index is 12.7. The van der Waals surface area contributed by atoms with E-state index in [1.807, 2.05) is 45.9 Å². The minimum absolute atomic E-state index is 0.0220.